The summed E-state index contributed by atoms with van der Waals surface area (Å²) in [5.74, 6) is -3.14. The molecule has 3 N–H and O–H groups in total. The minimum atomic E-state index is -1.35. The van der Waals surface area contributed by atoms with Crippen molar-refractivity contribution in [1.82, 2.24) is 10.2 Å². The van der Waals surface area contributed by atoms with Gasteiger partial charge in [-0.2, -0.15) is 0 Å². The van der Waals surface area contributed by atoms with Crippen LogP contribution in [0.3, 0.4) is 0 Å². The van der Waals surface area contributed by atoms with Crippen LogP contribution in [-0.4, -0.2) is 69.2 Å². The second-order valence-electron chi connectivity index (χ2n) is 9.24. The van der Waals surface area contributed by atoms with Crippen LogP contribution in [0.15, 0.2) is 40.0 Å². The highest BCUT2D eigenvalue weighted by molar-refractivity contribution is 8.00. The summed E-state index contributed by atoms with van der Waals surface area (Å²) in [6.45, 7) is 6.12. The molecule has 0 saturated carbocycles. The summed E-state index contributed by atoms with van der Waals surface area (Å²) < 4.78 is 9.75. The molecule has 2 aliphatic heterocycles. The van der Waals surface area contributed by atoms with Gasteiger partial charge in [-0.25, -0.2) is 9.59 Å². The molecule has 14 heteroatoms. The normalized spacial score (nSPS) is 18.6. The van der Waals surface area contributed by atoms with Gasteiger partial charge in [0.15, 0.2) is 0 Å². The smallest absolute Gasteiger partial charge is 0.412 e. The molecule has 0 spiro atoms. The Morgan fingerprint density at radius 1 is 1.16 bits per heavy atom. The average molecular weight is 586 g/mol. The van der Waals surface area contributed by atoms with Crippen molar-refractivity contribution in [3.05, 3.63) is 45.6 Å². The van der Waals surface area contributed by atoms with Gasteiger partial charge in [-0.05, 0) is 38.5 Å². The molecule has 0 radical (unpaired) electrons. The first kappa shape index (κ1) is 29.3. The van der Waals surface area contributed by atoms with Crippen LogP contribution in [0, 0.1) is 0 Å². The van der Waals surface area contributed by atoms with Gasteiger partial charge in [0.25, 0.3) is 11.8 Å². The van der Waals surface area contributed by atoms with Gasteiger partial charge >= 0.3 is 18.0 Å². The highest BCUT2D eigenvalue weighted by Gasteiger charge is 2.54. The predicted molar refractivity (Wildman–Crippen MR) is 141 cm³/mol. The molecule has 1 unspecified atom stereocenters. The maximum atomic E-state index is 13.1. The quantitative estimate of drug-likeness (QED) is 0.248. The summed E-state index contributed by atoms with van der Waals surface area (Å²) in [6.07, 6.45) is -0.655. The lowest BCUT2D eigenvalue weighted by Crippen LogP contribution is -2.70. The number of nitrogens with zero attached hydrogens (tertiary/aromatic N) is 1. The maximum absolute atomic E-state index is 13.1. The Kier molecular flexibility index (Phi) is 9.01. The molecule has 204 valence electrons. The number of carbonyl (C=O) groups excluding carboxylic acids is 4. The number of aliphatic carboxylic acids is 1. The Morgan fingerprint density at radius 2 is 1.79 bits per heavy atom. The first-order chi connectivity index (χ1) is 17.7. The largest absolute Gasteiger partial charge is 0.477 e. The van der Waals surface area contributed by atoms with Crippen molar-refractivity contribution in [3.8, 4) is 0 Å². The molecule has 0 bridgehead atoms. The molecule has 1 aromatic rings. The zero-order valence-corrected chi connectivity index (χ0v) is 23.1. The van der Waals surface area contributed by atoms with E-state index in [1.54, 1.807) is 20.8 Å². The van der Waals surface area contributed by atoms with E-state index in [9.17, 15) is 29.1 Å². The average Bonchev–Trinajstić information content (AvgIpc) is 2.80. The third kappa shape index (κ3) is 6.80. The maximum Gasteiger partial charge on any atom is 0.412 e. The molecule has 3 rings (SSSR count). The SMILES string of the molecule is CC(=O)OCC1=C(C(=O)O)N2C(=O)C(NC(=O)C(=C(Cl)Cl)c3ccc(NC(=O)OC(C)(C)C)cc3)[C@@H]2SC1. The summed E-state index contributed by atoms with van der Waals surface area (Å²) in [6, 6.07) is 5.01. The molecule has 38 heavy (non-hydrogen) atoms. The van der Waals surface area contributed by atoms with E-state index in [1.807, 2.05) is 0 Å². The molecule has 0 aromatic heterocycles. The highest BCUT2D eigenvalue weighted by Crippen LogP contribution is 2.41. The molecule has 1 aromatic carbocycles. The number of amides is 3. The van der Waals surface area contributed by atoms with Gasteiger partial charge in [-0.1, -0.05) is 35.3 Å². The van der Waals surface area contributed by atoms with E-state index in [1.165, 1.54) is 43.0 Å². The van der Waals surface area contributed by atoms with Crippen LogP contribution in [0.2, 0.25) is 0 Å². The Morgan fingerprint density at radius 3 is 2.32 bits per heavy atom. The molecular weight excluding hydrogens is 561 g/mol. The van der Waals surface area contributed by atoms with Crippen molar-refractivity contribution >= 4 is 76.1 Å². The van der Waals surface area contributed by atoms with Gasteiger partial charge in [0.1, 0.15) is 33.8 Å². The number of hydrogen-bond donors (Lipinski definition) is 3. The lowest BCUT2D eigenvalue weighted by Gasteiger charge is -2.49. The molecule has 2 atom stereocenters. The monoisotopic (exact) mass is 585 g/mol. The molecule has 2 heterocycles. The zero-order chi connectivity index (χ0) is 28.4. The summed E-state index contributed by atoms with van der Waals surface area (Å²) >= 11 is 13.2. The molecular formula is C24H25Cl2N3O8S. The number of β-lactam (4-membered cyclic amide) rings is 1. The number of fused-ring (bicyclic) bond motifs is 1. The molecule has 2 aliphatic rings. The summed E-state index contributed by atoms with van der Waals surface area (Å²) in [5, 5.41) is 14.1. The topological polar surface area (TPSA) is 151 Å². The van der Waals surface area contributed by atoms with Crippen molar-refractivity contribution in [3.63, 3.8) is 0 Å². The van der Waals surface area contributed by atoms with Crippen LogP contribution >= 0.6 is 35.0 Å². The second kappa shape index (κ2) is 11.7. The number of benzene rings is 1. The molecule has 0 aliphatic carbocycles. The Labute approximate surface area is 232 Å². The van der Waals surface area contributed by atoms with E-state index in [4.69, 9.17) is 32.7 Å². The lowest BCUT2D eigenvalue weighted by atomic mass is 10.0. The van der Waals surface area contributed by atoms with Crippen molar-refractivity contribution in [2.45, 2.75) is 44.7 Å². The summed E-state index contributed by atoms with van der Waals surface area (Å²) in [5.41, 5.74) is -0.0864. The van der Waals surface area contributed by atoms with Crippen molar-refractivity contribution in [2.75, 3.05) is 17.7 Å². The number of carboxylic acid groups (broad SMARTS) is 1. The minimum Gasteiger partial charge on any atom is -0.477 e. The van der Waals surface area contributed by atoms with E-state index >= 15 is 0 Å². The number of carboxylic acids is 1. The fourth-order valence-corrected chi connectivity index (χ4v) is 5.38. The third-order valence-electron chi connectivity index (χ3n) is 5.22. The van der Waals surface area contributed by atoms with Gasteiger partial charge in [-0.3, -0.25) is 24.6 Å². The molecule has 11 nitrogen and oxygen atoms in total. The van der Waals surface area contributed by atoms with Crippen LogP contribution in [0.25, 0.3) is 5.57 Å². The number of ether oxygens (including phenoxy) is 2. The highest BCUT2D eigenvalue weighted by atomic mass is 35.5. The van der Waals surface area contributed by atoms with Gasteiger partial charge in [0, 0.05) is 23.9 Å². The number of nitrogens with one attached hydrogen (secondary N) is 2. The Hall–Kier alpha value is -3.22. The van der Waals surface area contributed by atoms with Crippen LogP contribution in [-0.2, 0) is 28.7 Å². The van der Waals surface area contributed by atoms with E-state index < -0.39 is 46.9 Å². The van der Waals surface area contributed by atoms with Crippen LogP contribution in [0.4, 0.5) is 10.5 Å². The number of anilines is 1. The zero-order valence-electron chi connectivity index (χ0n) is 20.8. The second-order valence-corrected chi connectivity index (χ2v) is 11.3. The Bertz CT molecular complexity index is 1240. The van der Waals surface area contributed by atoms with Gasteiger partial charge < -0.3 is 19.9 Å². The first-order valence-corrected chi connectivity index (χ1v) is 13.0. The van der Waals surface area contributed by atoms with Crippen molar-refractivity contribution in [1.29, 1.82) is 0 Å². The predicted octanol–water partition coefficient (Wildman–Crippen LogP) is 3.48. The first-order valence-electron chi connectivity index (χ1n) is 11.2. The van der Waals surface area contributed by atoms with Crippen LogP contribution in [0.1, 0.15) is 33.3 Å². The molecule has 1 saturated heterocycles. The van der Waals surface area contributed by atoms with Gasteiger partial charge in [-0.15, -0.1) is 11.8 Å². The summed E-state index contributed by atoms with van der Waals surface area (Å²) in [4.78, 5) is 62.0. The van der Waals surface area contributed by atoms with Gasteiger partial charge in [0.05, 0.1) is 5.57 Å². The van der Waals surface area contributed by atoms with Crippen LogP contribution < -0.4 is 10.6 Å². The van der Waals surface area contributed by atoms with E-state index in [0.29, 0.717) is 11.3 Å². The number of carbonyl (C=O) groups is 5. The number of hydrogen-bond acceptors (Lipinski definition) is 8. The van der Waals surface area contributed by atoms with E-state index in [0.717, 1.165) is 4.90 Å². The number of halogens is 2. The molecule has 3 amide bonds. The summed E-state index contributed by atoms with van der Waals surface area (Å²) in [7, 11) is 0. The van der Waals surface area contributed by atoms with Crippen molar-refractivity contribution < 1.29 is 38.6 Å². The number of esters is 1. The fraction of sp³-hybridized carbons (Fsp3) is 0.375. The van der Waals surface area contributed by atoms with Crippen LogP contribution in [0.5, 0.6) is 0 Å². The fourth-order valence-electron chi connectivity index (χ4n) is 3.66. The number of rotatable bonds is 7. The minimum absolute atomic E-state index is 0.117. The van der Waals surface area contributed by atoms with E-state index in [2.05, 4.69) is 10.6 Å². The van der Waals surface area contributed by atoms with Gasteiger partial charge in [0.2, 0.25) is 0 Å². The van der Waals surface area contributed by atoms with Crippen molar-refractivity contribution in [2.24, 2.45) is 0 Å². The number of thioether (sulfide) groups is 1. The third-order valence-corrected chi connectivity index (χ3v) is 6.94. The standard InChI is InChI=1S/C24H25Cl2N3O8S/c1-11(30)36-9-13-10-38-21-16(20(32)29(21)17(13)22(33)34)28-19(31)15(18(25)26)12-5-7-14(8-6-12)27-23(35)37-24(2,3)4/h5-8,16,21H,9-10H2,1-4H3,(H,27,35)(H,28,31)(H,33,34)/t16?,21-/m0/s1. The Balaban J connectivity index is 1.72. The van der Waals surface area contributed by atoms with E-state index in [-0.39, 0.29) is 33.7 Å². The molecule has 1 fully saturated rings. The lowest BCUT2D eigenvalue weighted by molar-refractivity contribution is -0.150.